The van der Waals surface area contributed by atoms with E-state index in [-0.39, 0.29) is 22.7 Å². The maximum absolute atomic E-state index is 14.3. The van der Waals surface area contributed by atoms with Crippen LogP contribution in [-0.2, 0) is 0 Å². The van der Waals surface area contributed by atoms with Crippen molar-refractivity contribution in [1.82, 2.24) is 0 Å². The maximum Gasteiger partial charge on any atom is 0.261 e. The Hall–Kier alpha value is -3.73. The van der Waals surface area contributed by atoms with Crippen molar-refractivity contribution in [3.8, 4) is 0 Å². The highest BCUT2D eigenvalue weighted by molar-refractivity contribution is 6.05. The van der Waals surface area contributed by atoms with Gasteiger partial charge in [-0.3, -0.25) is 4.79 Å². The van der Waals surface area contributed by atoms with Crippen LogP contribution in [0.3, 0.4) is 0 Å². The van der Waals surface area contributed by atoms with Crippen LogP contribution >= 0.6 is 0 Å². The first-order valence-electron chi connectivity index (χ1n) is 8.80. The zero-order chi connectivity index (χ0) is 19.5. The van der Waals surface area contributed by atoms with Gasteiger partial charge in [0.2, 0.25) is 5.55 Å². The molecule has 4 aromatic rings. The van der Waals surface area contributed by atoms with E-state index in [4.69, 9.17) is 4.42 Å². The lowest BCUT2D eigenvalue weighted by atomic mass is 10.1. The van der Waals surface area contributed by atoms with E-state index in [9.17, 15) is 9.18 Å². The monoisotopic (exact) mass is 372 g/mol. The molecule has 0 bridgehead atoms. The van der Waals surface area contributed by atoms with Gasteiger partial charge in [-0.15, -0.1) is 0 Å². The van der Waals surface area contributed by atoms with Crippen molar-refractivity contribution in [2.24, 2.45) is 4.99 Å². The van der Waals surface area contributed by atoms with Crippen molar-refractivity contribution in [3.63, 3.8) is 0 Å². The van der Waals surface area contributed by atoms with Gasteiger partial charge >= 0.3 is 0 Å². The number of nitrogens with zero attached hydrogens (tertiary/aromatic N) is 1. The molecule has 4 nitrogen and oxygen atoms in total. The van der Waals surface area contributed by atoms with E-state index in [0.717, 1.165) is 10.9 Å². The number of aryl methyl sites for hydroxylation is 1. The molecular weight excluding hydrogens is 355 g/mol. The lowest BCUT2D eigenvalue weighted by Gasteiger charge is -2.07. The number of carbonyl (C=O) groups is 1. The van der Waals surface area contributed by atoms with E-state index in [2.05, 4.69) is 10.3 Å². The number of halogens is 1. The van der Waals surface area contributed by atoms with Crippen molar-refractivity contribution >= 4 is 28.3 Å². The average molecular weight is 372 g/mol. The van der Waals surface area contributed by atoms with Crippen LogP contribution in [0.2, 0.25) is 0 Å². The van der Waals surface area contributed by atoms with Crippen LogP contribution in [0.15, 0.2) is 88.3 Å². The topological polar surface area (TPSA) is 54.6 Å². The smallest absolute Gasteiger partial charge is 0.261 e. The van der Waals surface area contributed by atoms with Gasteiger partial charge in [-0.05, 0) is 48.9 Å². The molecule has 4 rings (SSSR count). The Labute approximate surface area is 161 Å². The summed E-state index contributed by atoms with van der Waals surface area (Å²) in [7, 11) is 0. The summed E-state index contributed by atoms with van der Waals surface area (Å²) >= 11 is 0. The van der Waals surface area contributed by atoms with E-state index >= 15 is 0 Å². The largest absolute Gasteiger partial charge is 0.438 e. The summed E-state index contributed by atoms with van der Waals surface area (Å²) in [5, 5.41) is 3.57. The van der Waals surface area contributed by atoms with Crippen molar-refractivity contribution in [2.45, 2.75) is 6.92 Å². The number of benzene rings is 3. The molecule has 0 saturated heterocycles. The van der Waals surface area contributed by atoms with Gasteiger partial charge in [0.1, 0.15) is 22.7 Å². The van der Waals surface area contributed by atoms with Gasteiger partial charge in [-0.25, -0.2) is 9.38 Å². The predicted molar refractivity (Wildman–Crippen MR) is 107 cm³/mol. The first-order valence-corrected chi connectivity index (χ1v) is 8.80. The molecule has 0 aliphatic heterocycles. The van der Waals surface area contributed by atoms with E-state index in [1.165, 1.54) is 6.07 Å². The fourth-order valence-corrected chi connectivity index (χ4v) is 2.85. The molecule has 0 fully saturated rings. The second-order valence-electron chi connectivity index (χ2n) is 6.39. The highest BCUT2D eigenvalue weighted by Crippen LogP contribution is 2.20. The van der Waals surface area contributed by atoms with Gasteiger partial charge in [0.25, 0.3) is 5.91 Å². The molecular formula is C23H17FN2O2. The Bertz CT molecular complexity index is 1230. The fourth-order valence-electron chi connectivity index (χ4n) is 2.85. The number of hydrogen-bond donors (Lipinski definition) is 1. The number of amides is 1. The van der Waals surface area contributed by atoms with E-state index in [1.807, 2.05) is 36.4 Å². The molecule has 0 aliphatic rings. The number of fused-ring (bicyclic) bond motifs is 1. The van der Waals surface area contributed by atoms with Gasteiger partial charge in [-0.1, -0.05) is 42.5 Å². The third kappa shape index (κ3) is 3.69. The number of hydrogen-bond acceptors (Lipinski definition) is 3. The van der Waals surface area contributed by atoms with E-state index in [0.29, 0.717) is 11.3 Å². The van der Waals surface area contributed by atoms with Crippen LogP contribution in [0, 0.1) is 12.7 Å². The Kier molecular flexibility index (Phi) is 4.72. The normalized spacial score (nSPS) is 11.6. The van der Waals surface area contributed by atoms with Crippen LogP contribution in [-0.4, -0.2) is 5.91 Å². The minimum atomic E-state index is -0.474. The van der Waals surface area contributed by atoms with Gasteiger partial charge in [0.15, 0.2) is 0 Å². The van der Waals surface area contributed by atoms with Crippen LogP contribution < -0.4 is 10.9 Å². The SMILES string of the molecule is Cc1ccc(N=c2oc3ccccc3cc2C(=O)Nc2ccccc2)c(F)c1. The molecule has 28 heavy (non-hydrogen) atoms. The Morgan fingerprint density at radius 2 is 1.71 bits per heavy atom. The summed E-state index contributed by atoms with van der Waals surface area (Å²) in [6.45, 7) is 1.80. The summed E-state index contributed by atoms with van der Waals surface area (Å²) < 4.78 is 20.1. The Morgan fingerprint density at radius 3 is 2.50 bits per heavy atom. The molecule has 0 unspecified atom stereocenters. The van der Waals surface area contributed by atoms with Gasteiger partial charge in [0, 0.05) is 11.1 Å². The lowest BCUT2D eigenvalue weighted by molar-refractivity contribution is 0.102. The Morgan fingerprint density at radius 1 is 0.964 bits per heavy atom. The lowest BCUT2D eigenvalue weighted by Crippen LogP contribution is -2.21. The van der Waals surface area contributed by atoms with E-state index in [1.54, 1.807) is 43.3 Å². The zero-order valence-corrected chi connectivity index (χ0v) is 15.1. The van der Waals surface area contributed by atoms with E-state index < -0.39 is 5.82 Å². The molecule has 0 saturated carbocycles. The van der Waals surface area contributed by atoms with Crippen molar-refractivity contribution in [1.29, 1.82) is 0 Å². The summed E-state index contributed by atoms with van der Waals surface area (Å²) in [5.74, 6) is -0.857. The fraction of sp³-hybridized carbons (Fsp3) is 0.0435. The number of carbonyl (C=O) groups excluding carboxylic acids is 1. The molecule has 1 aromatic heterocycles. The first kappa shape index (κ1) is 17.7. The van der Waals surface area contributed by atoms with Gasteiger partial charge < -0.3 is 9.73 Å². The number of rotatable bonds is 3. The Balaban J connectivity index is 1.87. The summed E-state index contributed by atoms with van der Waals surface area (Å²) in [4.78, 5) is 17.2. The molecule has 0 atom stereocenters. The summed E-state index contributed by atoms with van der Waals surface area (Å²) in [6.07, 6.45) is 0. The molecule has 0 spiro atoms. The average Bonchev–Trinajstić information content (AvgIpc) is 2.70. The van der Waals surface area contributed by atoms with Crippen molar-refractivity contribution in [3.05, 3.63) is 101 Å². The van der Waals surface area contributed by atoms with Crippen LogP contribution in [0.25, 0.3) is 11.0 Å². The van der Waals surface area contributed by atoms with Crippen molar-refractivity contribution < 1.29 is 13.6 Å². The van der Waals surface area contributed by atoms with Crippen LogP contribution in [0.1, 0.15) is 15.9 Å². The van der Waals surface area contributed by atoms with Gasteiger partial charge in [0.05, 0.1) is 0 Å². The standard InChI is InChI=1S/C23H17FN2O2/c1-15-11-12-20(19(24)13-15)26-23-18(14-16-7-5-6-10-21(16)28-23)22(27)25-17-8-3-2-4-9-17/h2-14H,1H3,(H,25,27). The summed E-state index contributed by atoms with van der Waals surface area (Å²) in [6, 6.07) is 22.8. The predicted octanol–water partition coefficient (Wildman–Crippen LogP) is 5.37. The second kappa shape index (κ2) is 7.48. The molecule has 1 N–H and O–H groups in total. The second-order valence-corrected chi connectivity index (χ2v) is 6.39. The number of para-hydroxylation sites is 2. The molecule has 0 aliphatic carbocycles. The van der Waals surface area contributed by atoms with Crippen LogP contribution in [0.5, 0.6) is 0 Å². The molecule has 0 radical (unpaired) electrons. The highest BCUT2D eigenvalue weighted by atomic mass is 19.1. The third-order valence-corrected chi connectivity index (χ3v) is 4.26. The molecule has 1 amide bonds. The molecule has 3 aromatic carbocycles. The quantitative estimate of drug-likeness (QED) is 0.526. The minimum Gasteiger partial charge on any atom is -0.438 e. The van der Waals surface area contributed by atoms with Crippen LogP contribution in [0.4, 0.5) is 15.8 Å². The number of anilines is 1. The van der Waals surface area contributed by atoms with Gasteiger partial charge in [-0.2, -0.15) is 0 Å². The maximum atomic E-state index is 14.3. The number of nitrogens with one attached hydrogen (secondary N) is 1. The molecule has 1 heterocycles. The van der Waals surface area contributed by atoms with Crippen molar-refractivity contribution in [2.75, 3.05) is 5.32 Å². The minimum absolute atomic E-state index is 0.0508. The third-order valence-electron chi connectivity index (χ3n) is 4.26. The molecule has 138 valence electrons. The molecule has 5 heteroatoms. The summed E-state index contributed by atoms with van der Waals surface area (Å²) in [5.41, 5.74) is 2.38. The first-order chi connectivity index (χ1) is 13.6. The zero-order valence-electron chi connectivity index (χ0n) is 15.1. The highest BCUT2D eigenvalue weighted by Gasteiger charge is 2.14.